The quantitative estimate of drug-likeness (QED) is 0.620. The lowest BCUT2D eigenvalue weighted by molar-refractivity contribution is 0.134. The third-order valence-corrected chi connectivity index (χ3v) is 6.99. The number of urea groups is 1. The molecule has 2 amide bonds. The van der Waals surface area contributed by atoms with Crippen molar-refractivity contribution in [3.63, 3.8) is 0 Å². The number of carbonyl (C=O) groups is 1. The molecule has 0 aliphatic carbocycles. The van der Waals surface area contributed by atoms with E-state index in [9.17, 15) is 4.79 Å². The molecule has 2 saturated heterocycles. The normalized spacial score (nSPS) is 17.8. The van der Waals surface area contributed by atoms with E-state index in [2.05, 4.69) is 15.1 Å². The maximum absolute atomic E-state index is 13.1. The van der Waals surface area contributed by atoms with E-state index in [1.54, 1.807) is 0 Å². The van der Waals surface area contributed by atoms with E-state index in [0.29, 0.717) is 10.0 Å². The summed E-state index contributed by atoms with van der Waals surface area (Å²) in [5.41, 5.74) is 1.98. The number of carbonyl (C=O) groups excluding carboxylic acids is 1. The number of rotatable bonds is 7. The molecule has 0 atom stereocenters. The van der Waals surface area contributed by atoms with Crippen molar-refractivity contribution < 1.29 is 4.79 Å². The molecule has 0 aromatic heterocycles. The number of piperazine rings is 1. The van der Waals surface area contributed by atoms with E-state index in [1.165, 1.54) is 38.9 Å². The summed E-state index contributed by atoms with van der Waals surface area (Å²) in [4.78, 5) is 20.1. The van der Waals surface area contributed by atoms with Crippen LogP contribution in [0.5, 0.6) is 0 Å². The molecule has 0 bridgehead atoms. The summed E-state index contributed by atoms with van der Waals surface area (Å²) in [6.45, 7) is 8.20. The summed E-state index contributed by atoms with van der Waals surface area (Å²) in [5.74, 6) is 0. The Balaban J connectivity index is 1.32. The van der Waals surface area contributed by atoms with Gasteiger partial charge in [-0.05, 0) is 80.8 Å². The van der Waals surface area contributed by atoms with Gasteiger partial charge in [0.15, 0.2) is 0 Å². The van der Waals surface area contributed by atoms with Crippen LogP contribution in [0.3, 0.4) is 0 Å². The fourth-order valence-corrected chi connectivity index (χ4v) is 4.84. The molecule has 172 valence electrons. The zero-order chi connectivity index (χ0) is 22.3. The van der Waals surface area contributed by atoms with Gasteiger partial charge in [0.25, 0.3) is 0 Å². The molecular weight excluding hydrogens is 443 g/mol. The third-order valence-electron chi connectivity index (χ3n) is 6.48. The number of benzene rings is 2. The second-order valence-corrected chi connectivity index (χ2v) is 9.59. The topological polar surface area (TPSA) is 38.8 Å². The van der Waals surface area contributed by atoms with Crippen LogP contribution >= 0.6 is 23.2 Å². The monoisotopic (exact) mass is 474 g/mol. The standard InChI is InChI=1S/C25H32Cl2N4O/c26-22-8-4-20(5-9-22)24(21-6-10-23(27)11-7-21)28-25(32)31-18-16-30(17-19-31)15-3-14-29-12-1-2-13-29/h4-11,24H,1-3,12-19H2,(H,28,32). The average molecular weight is 475 g/mol. The second kappa shape index (κ2) is 11.4. The SMILES string of the molecule is O=C(NC(c1ccc(Cl)cc1)c1ccc(Cl)cc1)N1CCN(CCCN2CCCC2)CC1. The Labute approximate surface area is 201 Å². The Kier molecular flexibility index (Phi) is 8.31. The first kappa shape index (κ1) is 23.4. The predicted octanol–water partition coefficient (Wildman–Crippen LogP) is 4.90. The Morgan fingerprint density at radius 3 is 1.72 bits per heavy atom. The van der Waals surface area contributed by atoms with Crippen LogP contribution in [-0.4, -0.2) is 73.1 Å². The van der Waals surface area contributed by atoms with Crippen molar-refractivity contribution >= 4 is 29.2 Å². The highest BCUT2D eigenvalue weighted by Crippen LogP contribution is 2.25. The number of nitrogens with zero attached hydrogens (tertiary/aromatic N) is 3. The summed E-state index contributed by atoms with van der Waals surface area (Å²) < 4.78 is 0. The Bertz CT molecular complexity index is 815. The van der Waals surface area contributed by atoms with Gasteiger partial charge in [0.05, 0.1) is 6.04 Å². The first-order chi connectivity index (χ1) is 15.6. The van der Waals surface area contributed by atoms with Crippen molar-refractivity contribution in [1.29, 1.82) is 0 Å². The van der Waals surface area contributed by atoms with Gasteiger partial charge in [0.2, 0.25) is 0 Å². The molecule has 0 unspecified atom stereocenters. The van der Waals surface area contributed by atoms with E-state index < -0.39 is 0 Å². The van der Waals surface area contributed by atoms with Crippen molar-refractivity contribution in [3.8, 4) is 0 Å². The maximum Gasteiger partial charge on any atom is 0.318 e. The van der Waals surface area contributed by atoms with Gasteiger partial charge in [0, 0.05) is 36.2 Å². The first-order valence-electron chi connectivity index (χ1n) is 11.6. The highest BCUT2D eigenvalue weighted by molar-refractivity contribution is 6.30. The van der Waals surface area contributed by atoms with Gasteiger partial charge in [-0.1, -0.05) is 47.5 Å². The molecule has 7 heteroatoms. The fraction of sp³-hybridized carbons (Fsp3) is 0.480. The number of hydrogen-bond acceptors (Lipinski definition) is 3. The van der Waals surface area contributed by atoms with Crippen molar-refractivity contribution in [2.24, 2.45) is 0 Å². The average Bonchev–Trinajstić information content (AvgIpc) is 3.33. The number of amides is 2. The summed E-state index contributed by atoms with van der Waals surface area (Å²) in [5, 5.41) is 4.58. The molecule has 2 aromatic carbocycles. The van der Waals surface area contributed by atoms with Crippen LogP contribution in [0.1, 0.15) is 36.4 Å². The van der Waals surface area contributed by atoms with Gasteiger partial charge in [0.1, 0.15) is 0 Å². The maximum atomic E-state index is 13.1. The Morgan fingerprint density at radius 2 is 1.22 bits per heavy atom. The Hall–Kier alpha value is -1.79. The molecule has 32 heavy (non-hydrogen) atoms. The van der Waals surface area contributed by atoms with E-state index in [0.717, 1.165) is 43.9 Å². The van der Waals surface area contributed by atoms with E-state index in [4.69, 9.17) is 23.2 Å². The highest BCUT2D eigenvalue weighted by atomic mass is 35.5. The van der Waals surface area contributed by atoms with Gasteiger partial charge in [-0.3, -0.25) is 4.90 Å². The molecule has 1 N–H and O–H groups in total. The van der Waals surface area contributed by atoms with E-state index in [1.807, 2.05) is 53.4 Å². The summed E-state index contributed by atoms with van der Waals surface area (Å²) in [6.07, 6.45) is 3.91. The number of halogens is 2. The summed E-state index contributed by atoms with van der Waals surface area (Å²) in [7, 11) is 0. The van der Waals surface area contributed by atoms with Crippen LogP contribution in [0.15, 0.2) is 48.5 Å². The highest BCUT2D eigenvalue weighted by Gasteiger charge is 2.24. The molecule has 4 rings (SSSR count). The molecule has 2 aromatic rings. The largest absolute Gasteiger partial charge is 0.327 e. The van der Waals surface area contributed by atoms with Gasteiger partial charge in [-0.15, -0.1) is 0 Å². The molecule has 0 spiro atoms. The van der Waals surface area contributed by atoms with Crippen LogP contribution in [0.2, 0.25) is 10.0 Å². The van der Waals surface area contributed by atoms with Gasteiger partial charge >= 0.3 is 6.03 Å². The zero-order valence-electron chi connectivity index (χ0n) is 18.5. The predicted molar refractivity (Wildman–Crippen MR) is 132 cm³/mol. The van der Waals surface area contributed by atoms with Crippen molar-refractivity contribution in [2.45, 2.75) is 25.3 Å². The number of nitrogens with one attached hydrogen (secondary N) is 1. The molecule has 0 radical (unpaired) electrons. The van der Waals surface area contributed by atoms with Gasteiger partial charge in [-0.2, -0.15) is 0 Å². The van der Waals surface area contributed by atoms with Crippen LogP contribution in [-0.2, 0) is 0 Å². The number of hydrogen-bond donors (Lipinski definition) is 1. The minimum atomic E-state index is -0.254. The minimum absolute atomic E-state index is 0.0309. The third kappa shape index (κ3) is 6.38. The molecule has 0 saturated carbocycles. The lowest BCUT2D eigenvalue weighted by Crippen LogP contribution is -2.52. The van der Waals surface area contributed by atoms with Crippen LogP contribution in [0, 0.1) is 0 Å². The number of likely N-dealkylation sites (tertiary alicyclic amines) is 1. The fourth-order valence-electron chi connectivity index (χ4n) is 4.58. The molecule has 2 aliphatic rings. The van der Waals surface area contributed by atoms with E-state index in [-0.39, 0.29) is 12.1 Å². The molecule has 2 heterocycles. The van der Waals surface area contributed by atoms with Crippen molar-refractivity contribution in [3.05, 3.63) is 69.7 Å². The summed E-state index contributed by atoms with van der Waals surface area (Å²) >= 11 is 12.2. The Morgan fingerprint density at radius 1 is 0.750 bits per heavy atom. The first-order valence-corrected chi connectivity index (χ1v) is 12.4. The van der Waals surface area contributed by atoms with Gasteiger partial charge in [-0.25, -0.2) is 4.79 Å². The zero-order valence-corrected chi connectivity index (χ0v) is 20.0. The molecular formula is C25H32Cl2N4O. The van der Waals surface area contributed by atoms with Crippen LogP contribution < -0.4 is 5.32 Å². The minimum Gasteiger partial charge on any atom is -0.327 e. The second-order valence-electron chi connectivity index (χ2n) is 8.72. The van der Waals surface area contributed by atoms with E-state index >= 15 is 0 Å². The van der Waals surface area contributed by atoms with Crippen LogP contribution in [0.4, 0.5) is 4.79 Å². The van der Waals surface area contributed by atoms with Crippen molar-refractivity contribution in [2.75, 3.05) is 52.4 Å². The lowest BCUT2D eigenvalue weighted by Gasteiger charge is -2.36. The van der Waals surface area contributed by atoms with Crippen LogP contribution in [0.25, 0.3) is 0 Å². The van der Waals surface area contributed by atoms with Gasteiger partial charge < -0.3 is 15.1 Å². The van der Waals surface area contributed by atoms with Crippen molar-refractivity contribution in [1.82, 2.24) is 20.0 Å². The molecule has 2 fully saturated rings. The lowest BCUT2D eigenvalue weighted by atomic mass is 9.99. The molecule has 2 aliphatic heterocycles. The smallest absolute Gasteiger partial charge is 0.318 e. The summed E-state index contributed by atoms with van der Waals surface area (Å²) in [6, 6.07) is 15.0. The molecule has 5 nitrogen and oxygen atoms in total.